The predicted octanol–water partition coefficient (Wildman–Crippen LogP) is 2.39. The minimum absolute atomic E-state index is 0.0362. The molecule has 0 spiro atoms. The highest BCUT2D eigenvalue weighted by molar-refractivity contribution is 7.92. The number of anilines is 1. The molecule has 1 fully saturated rings. The van der Waals surface area contributed by atoms with E-state index in [-0.39, 0.29) is 17.3 Å². The molecule has 1 aliphatic rings. The number of benzene rings is 1. The molecule has 0 bridgehead atoms. The van der Waals surface area contributed by atoms with Gasteiger partial charge in [0.1, 0.15) is 11.4 Å². The van der Waals surface area contributed by atoms with Crippen LogP contribution in [0.5, 0.6) is 0 Å². The van der Waals surface area contributed by atoms with Gasteiger partial charge in [0.25, 0.3) is 0 Å². The predicted molar refractivity (Wildman–Crippen MR) is 97.3 cm³/mol. The van der Waals surface area contributed by atoms with Crippen molar-refractivity contribution in [2.24, 2.45) is 11.3 Å². The van der Waals surface area contributed by atoms with Crippen LogP contribution in [-0.4, -0.2) is 32.8 Å². The van der Waals surface area contributed by atoms with Gasteiger partial charge in [-0.3, -0.25) is 4.72 Å². The summed E-state index contributed by atoms with van der Waals surface area (Å²) in [5, 5.41) is 0. The topological polar surface area (TPSA) is 80.3 Å². The van der Waals surface area contributed by atoms with Gasteiger partial charge in [0.05, 0.1) is 6.26 Å². The number of nitrogens with one attached hydrogen (secondary N) is 1. The number of carbonyl (C=O) groups excluding carboxylic acids is 2. The van der Waals surface area contributed by atoms with Crippen LogP contribution in [0.1, 0.15) is 32.8 Å². The Morgan fingerprint density at radius 3 is 2.33 bits per heavy atom. The molecule has 5 nitrogen and oxygen atoms in total. The summed E-state index contributed by atoms with van der Waals surface area (Å²) < 4.78 is 24.7. The van der Waals surface area contributed by atoms with Crippen LogP contribution in [0.2, 0.25) is 0 Å². The Balaban J connectivity index is 2.17. The maximum Gasteiger partial charge on any atom is 0.327 e. The lowest BCUT2D eigenvalue weighted by Crippen LogP contribution is -2.51. The molecule has 128 valence electrons. The zero-order valence-electron chi connectivity index (χ0n) is 14.4. The fraction of sp³-hybridized carbons (Fsp3) is 0.412. The van der Waals surface area contributed by atoms with Crippen LogP contribution in [0.4, 0.5) is 5.69 Å². The molecule has 2 rings (SSSR count). The summed E-state index contributed by atoms with van der Waals surface area (Å²) in [6.07, 6.45) is 3.41. The van der Waals surface area contributed by atoms with Gasteiger partial charge in [0.2, 0.25) is 10.0 Å². The Labute approximate surface area is 143 Å². The van der Waals surface area contributed by atoms with Crippen LogP contribution in [0.25, 0.3) is 6.08 Å². The molecule has 1 saturated heterocycles. The summed E-state index contributed by atoms with van der Waals surface area (Å²) in [5.41, 5.74) is 0.689. The maximum atomic E-state index is 12.5. The van der Waals surface area contributed by atoms with Gasteiger partial charge in [0.15, 0.2) is 0 Å². The van der Waals surface area contributed by atoms with E-state index >= 15 is 0 Å². The van der Waals surface area contributed by atoms with Crippen LogP contribution in [0, 0.1) is 11.3 Å². The van der Waals surface area contributed by atoms with E-state index in [0.29, 0.717) is 12.1 Å². The molecule has 0 aromatic heterocycles. The van der Waals surface area contributed by atoms with Gasteiger partial charge >= 0.3 is 6.71 Å². The molecule has 1 heterocycles. The summed E-state index contributed by atoms with van der Waals surface area (Å²) in [7, 11) is -3.31. The summed E-state index contributed by atoms with van der Waals surface area (Å²) in [6.45, 7) is 4.91. The molecule has 0 amide bonds. The second-order valence-corrected chi connectivity index (χ2v) is 8.84. The van der Waals surface area contributed by atoms with Gasteiger partial charge in [0, 0.05) is 17.0 Å². The minimum atomic E-state index is -3.31. The molecule has 1 unspecified atom stereocenters. The van der Waals surface area contributed by atoms with E-state index < -0.39 is 22.2 Å². The third-order valence-electron chi connectivity index (χ3n) is 4.25. The van der Waals surface area contributed by atoms with Crippen molar-refractivity contribution < 1.29 is 18.0 Å². The van der Waals surface area contributed by atoms with Crippen molar-refractivity contribution in [3.8, 4) is 0 Å². The van der Waals surface area contributed by atoms with Crippen molar-refractivity contribution >= 4 is 39.9 Å². The minimum Gasteiger partial charge on any atom is -0.310 e. The SMILES string of the molecule is CC1CC(C)(C)C(=O)B(C=Cc2ccc(NS(C)(=O)=O)cc2)C1=O. The lowest BCUT2D eigenvalue weighted by atomic mass is 9.33. The Hall–Kier alpha value is -1.89. The van der Waals surface area contributed by atoms with Crippen molar-refractivity contribution in [3.63, 3.8) is 0 Å². The molecule has 1 atom stereocenters. The zero-order chi connectivity index (χ0) is 18.1. The van der Waals surface area contributed by atoms with Crippen molar-refractivity contribution in [3.05, 3.63) is 35.8 Å². The molecule has 1 aromatic rings. The smallest absolute Gasteiger partial charge is 0.310 e. The number of carbonyl (C=O) groups is 2. The molecule has 0 radical (unpaired) electrons. The molecule has 1 N–H and O–H groups in total. The monoisotopic (exact) mass is 347 g/mol. The lowest BCUT2D eigenvalue weighted by Gasteiger charge is -2.34. The standard InChI is InChI=1S/C17H22BNO4S/c1-12-11-17(2,3)16(21)18(15(12)20)10-9-13-5-7-14(8-6-13)19-24(4,22)23/h5-10,12,19H,11H2,1-4H3. The molecule has 0 saturated carbocycles. The van der Waals surface area contributed by atoms with Crippen molar-refractivity contribution in [1.82, 2.24) is 0 Å². The normalized spacial score (nSPS) is 21.3. The first-order valence-corrected chi connectivity index (χ1v) is 9.73. The van der Waals surface area contributed by atoms with Crippen molar-refractivity contribution in [1.29, 1.82) is 0 Å². The van der Waals surface area contributed by atoms with Gasteiger partial charge in [-0.15, -0.1) is 0 Å². The fourth-order valence-corrected chi connectivity index (χ4v) is 3.65. The van der Waals surface area contributed by atoms with Crippen molar-refractivity contribution in [2.45, 2.75) is 27.2 Å². The van der Waals surface area contributed by atoms with E-state index in [2.05, 4.69) is 4.72 Å². The summed E-state index contributed by atoms with van der Waals surface area (Å²) in [4.78, 5) is 24.8. The zero-order valence-corrected chi connectivity index (χ0v) is 15.2. The number of rotatable bonds is 4. The van der Waals surface area contributed by atoms with E-state index in [0.717, 1.165) is 11.8 Å². The van der Waals surface area contributed by atoms with E-state index in [1.54, 1.807) is 36.3 Å². The third kappa shape index (κ3) is 4.35. The van der Waals surface area contributed by atoms with Crippen LogP contribution in [0.3, 0.4) is 0 Å². The Morgan fingerprint density at radius 2 is 1.79 bits per heavy atom. The summed E-state index contributed by atoms with van der Waals surface area (Å²) in [5.74, 6) is 1.52. The average molecular weight is 347 g/mol. The Bertz CT molecular complexity index is 781. The first-order valence-electron chi connectivity index (χ1n) is 7.84. The van der Waals surface area contributed by atoms with E-state index in [4.69, 9.17) is 0 Å². The Kier molecular flexibility index (Phi) is 5.04. The second-order valence-electron chi connectivity index (χ2n) is 7.09. The first-order chi connectivity index (χ1) is 11.0. The first kappa shape index (κ1) is 18.5. The number of hydrogen-bond acceptors (Lipinski definition) is 4. The molecule has 0 aliphatic carbocycles. The van der Waals surface area contributed by atoms with Crippen LogP contribution < -0.4 is 4.72 Å². The van der Waals surface area contributed by atoms with E-state index in [1.165, 1.54) is 0 Å². The average Bonchev–Trinajstić information content (AvgIpc) is 2.45. The van der Waals surface area contributed by atoms with Crippen LogP contribution >= 0.6 is 0 Å². The van der Waals surface area contributed by atoms with Gasteiger partial charge in [-0.1, -0.05) is 45.0 Å². The highest BCUT2D eigenvalue weighted by Crippen LogP contribution is 2.33. The van der Waals surface area contributed by atoms with Crippen LogP contribution in [-0.2, 0) is 19.6 Å². The lowest BCUT2D eigenvalue weighted by molar-refractivity contribution is -0.126. The Morgan fingerprint density at radius 1 is 1.21 bits per heavy atom. The quantitative estimate of drug-likeness (QED) is 0.848. The van der Waals surface area contributed by atoms with E-state index in [9.17, 15) is 18.0 Å². The molecule has 7 heteroatoms. The highest BCUT2D eigenvalue weighted by Gasteiger charge is 2.46. The van der Waals surface area contributed by atoms with Gasteiger partial charge in [-0.2, -0.15) is 0 Å². The summed E-state index contributed by atoms with van der Waals surface area (Å²) >= 11 is 0. The van der Waals surface area contributed by atoms with Gasteiger partial charge in [-0.25, -0.2) is 8.42 Å². The van der Waals surface area contributed by atoms with Gasteiger partial charge in [-0.05, 0) is 24.1 Å². The van der Waals surface area contributed by atoms with Gasteiger partial charge < -0.3 is 9.59 Å². The number of hydrogen-bond donors (Lipinski definition) is 1. The number of sulfonamides is 1. The third-order valence-corrected chi connectivity index (χ3v) is 4.86. The molecular weight excluding hydrogens is 325 g/mol. The molecule has 1 aromatic carbocycles. The maximum absolute atomic E-state index is 12.5. The van der Waals surface area contributed by atoms with Crippen LogP contribution in [0.15, 0.2) is 30.2 Å². The molecule has 1 aliphatic heterocycles. The van der Waals surface area contributed by atoms with E-state index in [1.807, 2.05) is 20.8 Å². The second kappa shape index (κ2) is 6.55. The molecular formula is C17H22BNO4S. The highest BCUT2D eigenvalue weighted by atomic mass is 32.2. The fourth-order valence-electron chi connectivity index (χ4n) is 3.09. The van der Waals surface area contributed by atoms with Crippen molar-refractivity contribution in [2.75, 3.05) is 11.0 Å². The molecule has 24 heavy (non-hydrogen) atoms. The largest absolute Gasteiger partial charge is 0.327 e. The summed E-state index contributed by atoms with van der Waals surface area (Å²) in [6, 6.07) is 6.74.